The van der Waals surface area contributed by atoms with Gasteiger partial charge in [0.15, 0.2) is 5.75 Å². The number of nitrogens with one attached hydrogen (secondary N) is 1. The van der Waals surface area contributed by atoms with Crippen molar-refractivity contribution in [2.75, 3.05) is 31.6 Å². The highest BCUT2D eigenvalue weighted by molar-refractivity contribution is 7.89. The zero-order valence-electron chi connectivity index (χ0n) is 16.5. The molecule has 0 radical (unpaired) electrons. The van der Waals surface area contributed by atoms with Gasteiger partial charge in [0.2, 0.25) is 15.9 Å². The predicted molar refractivity (Wildman–Crippen MR) is 108 cm³/mol. The van der Waals surface area contributed by atoms with Crippen molar-refractivity contribution in [1.82, 2.24) is 4.31 Å². The zero-order valence-corrected chi connectivity index (χ0v) is 17.3. The van der Waals surface area contributed by atoms with Crippen molar-refractivity contribution in [2.24, 2.45) is 11.8 Å². The van der Waals surface area contributed by atoms with Crippen LogP contribution in [0.5, 0.6) is 11.5 Å². The van der Waals surface area contributed by atoms with Gasteiger partial charge in [-0.05, 0) is 54.8 Å². The highest BCUT2D eigenvalue weighted by Gasteiger charge is 2.39. The smallest absolute Gasteiger partial charge is 0.243 e. The molecule has 160 valence electrons. The number of hydrogen-bond donors (Lipinski definition) is 1. The summed E-state index contributed by atoms with van der Waals surface area (Å²) in [7, 11) is -3.73. The van der Waals surface area contributed by atoms with Gasteiger partial charge in [-0.15, -0.1) is 0 Å². The number of amides is 1. The molecule has 1 N–H and O–H groups in total. The highest BCUT2D eigenvalue weighted by Crippen LogP contribution is 2.40. The molecule has 1 aliphatic heterocycles. The predicted octanol–water partition coefficient (Wildman–Crippen LogP) is 3.23. The first kappa shape index (κ1) is 20.8. The average molecular weight is 434 g/mol. The molecule has 1 aliphatic carbocycles. The summed E-state index contributed by atoms with van der Waals surface area (Å²) in [6, 6.07) is 9.80. The second-order valence-corrected chi connectivity index (χ2v) is 9.48. The van der Waals surface area contributed by atoms with Crippen LogP contribution < -0.4 is 10.1 Å². The van der Waals surface area contributed by atoms with E-state index in [1.54, 1.807) is 0 Å². The lowest BCUT2D eigenvalue weighted by Crippen LogP contribution is -2.40. The summed E-state index contributed by atoms with van der Waals surface area (Å²) in [6.45, 7) is 3.22. The third kappa shape index (κ3) is 4.48. The lowest BCUT2D eigenvalue weighted by Gasteiger charge is -2.26. The maximum absolute atomic E-state index is 13.2. The Balaban J connectivity index is 1.65. The van der Waals surface area contributed by atoms with Crippen molar-refractivity contribution >= 4 is 21.6 Å². The molecule has 9 heteroatoms. The lowest BCUT2D eigenvalue weighted by atomic mass is 10.2. The minimum Gasteiger partial charge on any atom is -0.455 e. The minimum atomic E-state index is -3.73. The molecule has 7 nitrogen and oxygen atoms in total. The molecule has 2 fully saturated rings. The van der Waals surface area contributed by atoms with E-state index in [1.165, 1.54) is 46.8 Å². The van der Waals surface area contributed by atoms with E-state index in [1.807, 2.05) is 6.92 Å². The molecular formula is C21H23FN2O5S. The number of nitrogens with zero attached hydrogens (tertiary/aromatic N) is 1. The minimum absolute atomic E-state index is 0.0648. The number of ether oxygens (including phenoxy) is 2. The fourth-order valence-electron chi connectivity index (χ4n) is 3.33. The number of sulfonamides is 1. The maximum Gasteiger partial charge on any atom is 0.243 e. The summed E-state index contributed by atoms with van der Waals surface area (Å²) in [6.07, 6.45) is 0.797. The average Bonchev–Trinajstić information content (AvgIpc) is 3.48. The van der Waals surface area contributed by atoms with Gasteiger partial charge in [0, 0.05) is 19.0 Å². The molecule has 0 bridgehead atoms. The number of carbonyl (C=O) groups is 1. The van der Waals surface area contributed by atoms with Gasteiger partial charge in [0.05, 0.1) is 23.8 Å². The van der Waals surface area contributed by atoms with Crippen LogP contribution in [0.2, 0.25) is 0 Å². The summed E-state index contributed by atoms with van der Waals surface area (Å²) in [4.78, 5) is 12.6. The van der Waals surface area contributed by atoms with Crippen molar-refractivity contribution in [3.05, 3.63) is 48.3 Å². The second kappa shape index (κ2) is 8.33. The van der Waals surface area contributed by atoms with Crippen molar-refractivity contribution in [3.63, 3.8) is 0 Å². The molecule has 2 atom stereocenters. The number of rotatable bonds is 6. The van der Waals surface area contributed by atoms with Crippen LogP contribution >= 0.6 is 0 Å². The van der Waals surface area contributed by atoms with E-state index in [0.29, 0.717) is 24.9 Å². The fraction of sp³-hybridized carbons (Fsp3) is 0.381. The molecule has 4 rings (SSSR count). The van der Waals surface area contributed by atoms with Crippen molar-refractivity contribution < 1.29 is 27.1 Å². The van der Waals surface area contributed by atoms with Gasteiger partial charge in [-0.1, -0.05) is 6.92 Å². The number of halogens is 1. The molecule has 2 aromatic carbocycles. The van der Waals surface area contributed by atoms with Crippen molar-refractivity contribution in [2.45, 2.75) is 18.2 Å². The summed E-state index contributed by atoms with van der Waals surface area (Å²) >= 11 is 0. The molecule has 1 heterocycles. The van der Waals surface area contributed by atoms with E-state index in [4.69, 9.17) is 9.47 Å². The molecule has 2 aliphatic rings. The first-order chi connectivity index (χ1) is 14.3. The van der Waals surface area contributed by atoms with E-state index in [9.17, 15) is 17.6 Å². The standard InChI is InChI=1S/C21H23FN2O5S/c1-14-12-18(14)21(25)23-19-13-17(30(26,27)24-8-10-28-11-9-24)6-7-20(19)29-16-4-2-15(22)3-5-16/h2-7,13-14,18H,8-12H2,1H3,(H,23,25)/t14-,18+/m1/s1. The largest absolute Gasteiger partial charge is 0.455 e. The Labute approximate surface area is 174 Å². The lowest BCUT2D eigenvalue weighted by molar-refractivity contribution is -0.117. The number of anilines is 1. The molecule has 1 amide bonds. The Morgan fingerprint density at radius 3 is 2.47 bits per heavy atom. The molecular weight excluding hydrogens is 411 g/mol. The van der Waals surface area contributed by atoms with Gasteiger partial charge < -0.3 is 14.8 Å². The molecule has 2 aromatic rings. The number of carbonyl (C=O) groups excluding carboxylic acids is 1. The summed E-state index contributed by atoms with van der Waals surface area (Å²) in [5, 5.41) is 2.80. The third-order valence-electron chi connectivity index (χ3n) is 5.30. The Kier molecular flexibility index (Phi) is 5.77. The molecule has 30 heavy (non-hydrogen) atoms. The first-order valence-electron chi connectivity index (χ1n) is 9.81. The van der Waals surface area contributed by atoms with E-state index >= 15 is 0 Å². The van der Waals surface area contributed by atoms with Crippen molar-refractivity contribution in [1.29, 1.82) is 0 Å². The highest BCUT2D eigenvalue weighted by atomic mass is 32.2. The van der Waals surface area contributed by atoms with Gasteiger partial charge in [0.25, 0.3) is 0 Å². The SMILES string of the molecule is C[C@@H]1C[C@@H]1C(=O)Nc1cc(S(=O)(=O)N2CCOCC2)ccc1Oc1ccc(F)cc1. The van der Waals surface area contributed by atoms with Crippen LogP contribution in [-0.2, 0) is 19.6 Å². The number of morpholine rings is 1. The quantitative estimate of drug-likeness (QED) is 0.755. The fourth-order valence-corrected chi connectivity index (χ4v) is 4.77. The van der Waals surface area contributed by atoms with Crippen LogP contribution in [-0.4, -0.2) is 44.9 Å². The molecule has 0 aromatic heterocycles. The Hall–Kier alpha value is -2.49. The maximum atomic E-state index is 13.2. The summed E-state index contributed by atoms with van der Waals surface area (Å²) in [5.74, 6) is 0.285. The monoisotopic (exact) mass is 434 g/mol. The van der Waals surface area contributed by atoms with Crippen LogP contribution in [0.1, 0.15) is 13.3 Å². The third-order valence-corrected chi connectivity index (χ3v) is 7.20. The molecule has 0 unspecified atom stereocenters. The topological polar surface area (TPSA) is 84.9 Å². The summed E-state index contributed by atoms with van der Waals surface area (Å²) < 4.78 is 51.6. The van der Waals surface area contributed by atoms with E-state index in [2.05, 4.69) is 5.32 Å². The van der Waals surface area contributed by atoms with E-state index in [0.717, 1.165) is 6.42 Å². The van der Waals surface area contributed by atoms with Gasteiger partial charge in [-0.2, -0.15) is 4.31 Å². The number of benzene rings is 2. The van der Waals surface area contributed by atoms with E-state index < -0.39 is 15.8 Å². The van der Waals surface area contributed by atoms with Gasteiger partial charge >= 0.3 is 0 Å². The van der Waals surface area contributed by atoms with Gasteiger partial charge in [0.1, 0.15) is 11.6 Å². The molecule has 1 saturated heterocycles. The van der Waals surface area contributed by atoms with Crippen LogP contribution in [0.4, 0.5) is 10.1 Å². The first-order valence-corrected chi connectivity index (χ1v) is 11.2. The Morgan fingerprint density at radius 1 is 1.17 bits per heavy atom. The zero-order chi connectivity index (χ0) is 21.3. The van der Waals surface area contributed by atoms with Crippen LogP contribution in [0.15, 0.2) is 47.4 Å². The second-order valence-electron chi connectivity index (χ2n) is 7.54. The van der Waals surface area contributed by atoms with Crippen molar-refractivity contribution in [3.8, 4) is 11.5 Å². The van der Waals surface area contributed by atoms with Crippen LogP contribution in [0.25, 0.3) is 0 Å². The Morgan fingerprint density at radius 2 is 1.83 bits per heavy atom. The number of hydrogen-bond acceptors (Lipinski definition) is 5. The van der Waals surface area contributed by atoms with E-state index in [-0.39, 0.29) is 41.2 Å². The van der Waals surface area contributed by atoms with Gasteiger partial charge in [-0.25, -0.2) is 12.8 Å². The molecule has 1 saturated carbocycles. The molecule has 0 spiro atoms. The van der Waals surface area contributed by atoms with Crippen LogP contribution in [0.3, 0.4) is 0 Å². The Bertz CT molecular complexity index is 1040. The summed E-state index contributed by atoms with van der Waals surface area (Å²) in [5.41, 5.74) is 0.262. The van der Waals surface area contributed by atoms with Crippen LogP contribution in [0, 0.1) is 17.7 Å². The normalized spacial score (nSPS) is 21.8. The van der Waals surface area contributed by atoms with Gasteiger partial charge in [-0.3, -0.25) is 4.79 Å².